The van der Waals surface area contributed by atoms with Crippen LogP contribution in [0.1, 0.15) is 9.88 Å². The Balaban J connectivity index is 2.03. The SMILES string of the molecule is Cc1cnc(CNc2ccc(S(C)(=O)=O)cc2)s1. The molecule has 0 unspecified atom stereocenters. The van der Waals surface area contributed by atoms with Gasteiger partial charge in [0, 0.05) is 23.0 Å². The average molecular weight is 282 g/mol. The molecule has 18 heavy (non-hydrogen) atoms. The van der Waals surface area contributed by atoms with Gasteiger partial charge in [0.25, 0.3) is 0 Å². The predicted molar refractivity (Wildman–Crippen MR) is 73.7 cm³/mol. The Labute approximate surface area is 111 Å². The molecule has 0 aliphatic rings. The molecule has 0 aliphatic carbocycles. The number of anilines is 1. The molecule has 0 radical (unpaired) electrons. The highest BCUT2D eigenvalue weighted by atomic mass is 32.2. The van der Waals surface area contributed by atoms with Crippen molar-refractivity contribution >= 4 is 26.9 Å². The molecule has 0 saturated heterocycles. The Bertz CT molecular complexity index is 630. The summed E-state index contributed by atoms with van der Waals surface area (Å²) in [6.45, 7) is 2.67. The van der Waals surface area contributed by atoms with Crippen molar-refractivity contribution in [1.82, 2.24) is 4.98 Å². The molecule has 0 fully saturated rings. The van der Waals surface area contributed by atoms with Gasteiger partial charge in [-0.05, 0) is 31.2 Å². The van der Waals surface area contributed by atoms with Crippen LogP contribution in [0.25, 0.3) is 0 Å². The van der Waals surface area contributed by atoms with Gasteiger partial charge in [0.05, 0.1) is 11.4 Å². The monoisotopic (exact) mass is 282 g/mol. The van der Waals surface area contributed by atoms with Crippen molar-refractivity contribution in [2.45, 2.75) is 18.4 Å². The zero-order valence-electron chi connectivity index (χ0n) is 10.2. The van der Waals surface area contributed by atoms with E-state index in [4.69, 9.17) is 0 Å². The fourth-order valence-electron chi connectivity index (χ4n) is 1.48. The molecule has 1 aromatic heterocycles. The molecular weight excluding hydrogens is 268 g/mol. The minimum Gasteiger partial charge on any atom is -0.379 e. The van der Waals surface area contributed by atoms with Crippen LogP contribution in [0.2, 0.25) is 0 Å². The highest BCUT2D eigenvalue weighted by molar-refractivity contribution is 7.90. The Hall–Kier alpha value is -1.40. The summed E-state index contributed by atoms with van der Waals surface area (Å²) < 4.78 is 22.6. The molecular formula is C12H14N2O2S2. The Kier molecular flexibility index (Phi) is 3.68. The lowest BCUT2D eigenvalue weighted by atomic mass is 10.3. The third-order valence-electron chi connectivity index (χ3n) is 2.40. The first kappa shape index (κ1) is 13.0. The van der Waals surface area contributed by atoms with E-state index in [1.54, 1.807) is 35.6 Å². The van der Waals surface area contributed by atoms with Gasteiger partial charge in [-0.1, -0.05) is 0 Å². The summed E-state index contributed by atoms with van der Waals surface area (Å²) in [4.78, 5) is 5.76. The van der Waals surface area contributed by atoms with E-state index in [1.807, 2.05) is 13.1 Å². The summed E-state index contributed by atoms with van der Waals surface area (Å²) in [6.07, 6.45) is 3.04. The smallest absolute Gasteiger partial charge is 0.175 e. The second kappa shape index (κ2) is 5.07. The fourth-order valence-corrected chi connectivity index (χ4v) is 2.84. The van der Waals surface area contributed by atoms with Crippen LogP contribution in [0.5, 0.6) is 0 Å². The van der Waals surface area contributed by atoms with E-state index in [9.17, 15) is 8.42 Å². The van der Waals surface area contributed by atoms with E-state index in [0.29, 0.717) is 11.4 Å². The molecule has 4 nitrogen and oxygen atoms in total. The van der Waals surface area contributed by atoms with Crippen LogP contribution in [0.15, 0.2) is 35.4 Å². The third-order valence-corrected chi connectivity index (χ3v) is 4.44. The summed E-state index contributed by atoms with van der Waals surface area (Å²) in [5, 5.41) is 4.22. The van der Waals surface area contributed by atoms with E-state index >= 15 is 0 Å². The van der Waals surface area contributed by atoms with Gasteiger partial charge >= 0.3 is 0 Å². The molecule has 6 heteroatoms. The van der Waals surface area contributed by atoms with Gasteiger partial charge in [0.2, 0.25) is 0 Å². The van der Waals surface area contributed by atoms with E-state index in [0.717, 1.165) is 10.7 Å². The quantitative estimate of drug-likeness (QED) is 0.936. The Morgan fingerprint density at radius 1 is 1.28 bits per heavy atom. The van der Waals surface area contributed by atoms with Crippen molar-refractivity contribution in [3.63, 3.8) is 0 Å². The van der Waals surface area contributed by atoms with Crippen LogP contribution < -0.4 is 5.32 Å². The number of benzene rings is 1. The fraction of sp³-hybridized carbons (Fsp3) is 0.250. The zero-order chi connectivity index (χ0) is 13.2. The largest absolute Gasteiger partial charge is 0.379 e. The summed E-state index contributed by atoms with van der Waals surface area (Å²) in [7, 11) is -3.12. The molecule has 96 valence electrons. The van der Waals surface area contributed by atoms with Gasteiger partial charge in [0.1, 0.15) is 5.01 Å². The molecule has 0 saturated carbocycles. The average Bonchev–Trinajstić information content (AvgIpc) is 2.72. The van der Waals surface area contributed by atoms with E-state index in [2.05, 4.69) is 10.3 Å². The van der Waals surface area contributed by atoms with Gasteiger partial charge in [-0.15, -0.1) is 11.3 Å². The van der Waals surface area contributed by atoms with Crippen LogP contribution >= 0.6 is 11.3 Å². The van der Waals surface area contributed by atoms with Crippen LogP contribution in [0.4, 0.5) is 5.69 Å². The maximum Gasteiger partial charge on any atom is 0.175 e. The van der Waals surface area contributed by atoms with E-state index in [1.165, 1.54) is 11.1 Å². The van der Waals surface area contributed by atoms with Crippen molar-refractivity contribution in [1.29, 1.82) is 0 Å². The number of aromatic nitrogens is 1. The maximum absolute atomic E-state index is 11.3. The van der Waals surface area contributed by atoms with Crippen LogP contribution in [0, 0.1) is 6.92 Å². The second-order valence-corrected chi connectivity index (χ2v) is 7.35. The molecule has 1 heterocycles. The number of nitrogens with one attached hydrogen (secondary N) is 1. The molecule has 2 aromatic rings. The first-order valence-electron chi connectivity index (χ1n) is 5.40. The number of aryl methyl sites for hydroxylation is 1. The Morgan fingerprint density at radius 3 is 2.44 bits per heavy atom. The van der Waals surface area contributed by atoms with Gasteiger partial charge < -0.3 is 5.32 Å². The number of thiazole rings is 1. The van der Waals surface area contributed by atoms with Crippen molar-refractivity contribution in [2.24, 2.45) is 0 Å². The molecule has 0 aliphatic heterocycles. The van der Waals surface area contributed by atoms with Crippen molar-refractivity contribution < 1.29 is 8.42 Å². The first-order valence-corrected chi connectivity index (χ1v) is 8.11. The molecule has 1 aromatic carbocycles. The molecule has 1 N–H and O–H groups in total. The van der Waals surface area contributed by atoms with Crippen LogP contribution in [-0.2, 0) is 16.4 Å². The lowest BCUT2D eigenvalue weighted by Crippen LogP contribution is -2.00. The minimum absolute atomic E-state index is 0.332. The van der Waals surface area contributed by atoms with Gasteiger partial charge in [0.15, 0.2) is 9.84 Å². The molecule has 2 rings (SSSR count). The topological polar surface area (TPSA) is 59.1 Å². The standard InChI is InChI=1S/C12H14N2O2S2/c1-9-7-14-12(17-9)8-13-10-3-5-11(6-4-10)18(2,15)16/h3-7,13H,8H2,1-2H3. The summed E-state index contributed by atoms with van der Waals surface area (Å²) in [5.41, 5.74) is 0.884. The first-order chi connectivity index (χ1) is 8.45. The van der Waals surface area contributed by atoms with Gasteiger partial charge in [-0.2, -0.15) is 0 Å². The van der Waals surface area contributed by atoms with Gasteiger partial charge in [-0.25, -0.2) is 13.4 Å². The van der Waals surface area contributed by atoms with Crippen LogP contribution in [-0.4, -0.2) is 19.7 Å². The van der Waals surface area contributed by atoms with Crippen LogP contribution in [0.3, 0.4) is 0 Å². The molecule has 0 atom stereocenters. The zero-order valence-corrected chi connectivity index (χ0v) is 11.8. The normalized spacial score (nSPS) is 11.4. The predicted octanol–water partition coefficient (Wildman–Crippen LogP) is 2.47. The lowest BCUT2D eigenvalue weighted by molar-refractivity contribution is 0.602. The van der Waals surface area contributed by atoms with Crippen molar-refractivity contribution in [3.8, 4) is 0 Å². The van der Waals surface area contributed by atoms with E-state index < -0.39 is 9.84 Å². The lowest BCUT2D eigenvalue weighted by Gasteiger charge is -2.05. The number of sulfone groups is 1. The third kappa shape index (κ3) is 3.30. The summed E-state index contributed by atoms with van der Waals surface area (Å²) >= 11 is 1.64. The highest BCUT2D eigenvalue weighted by Gasteiger charge is 2.06. The minimum atomic E-state index is -3.12. The molecule has 0 spiro atoms. The summed E-state index contributed by atoms with van der Waals surface area (Å²) in [6, 6.07) is 6.73. The van der Waals surface area contributed by atoms with Crippen molar-refractivity contribution in [3.05, 3.63) is 40.3 Å². The molecule has 0 bridgehead atoms. The number of rotatable bonds is 4. The van der Waals surface area contributed by atoms with Gasteiger partial charge in [-0.3, -0.25) is 0 Å². The summed E-state index contributed by atoms with van der Waals surface area (Å²) in [5.74, 6) is 0. The Morgan fingerprint density at radius 2 is 1.94 bits per heavy atom. The van der Waals surface area contributed by atoms with E-state index in [-0.39, 0.29) is 0 Å². The number of nitrogens with zero attached hydrogens (tertiary/aromatic N) is 1. The number of hydrogen-bond acceptors (Lipinski definition) is 5. The highest BCUT2D eigenvalue weighted by Crippen LogP contribution is 2.16. The number of hydrogen-bond donors (Lipinski definition) is 1. The molecule has 0 amide bonds. The maximum atomic E-state index is 11.3. The second-order valence-electron chi connectivity index (χ2n) is 4.01. The van der Waals surface area contributed by atoms with Crippen molar-refractivity contribution in [2.75, 3.05) is 11.6 Å².